The minimum absolute atomic E-state index is 0.224. The second-order valence-electron chi connectivity index (χ2n) is 3.47. The van der Waals surface area contributed by atoms with Crippen LogP contribution in [0.15, 0.2) is 18.2 Å². The molecule has 4 nitrogen and oxygen atoms in total. The van der Waals surface area contributed by atoms with Gasteiger partial charge in [-0.3, -0.25) is 0 Å². The van der Waals surface area contributed by atoms with Crippen molar-refractivity contribution < 1.29 is 13.9 Å². The fourth-order valence-electron chi connectivity index (χ4n) is 1.34. The number of rotatable bonds is 4. The number of hydrogen-bond donors (Lipinski definition) is 2. The lowest BCUT2D eigenvalue weighted by molar-refractivity contribution is 0.185. The Morgan fingerprint density at radius 3 is 2.94 bits per heavy atom. The molecule has 0 fully saturated rings. The van der Waals surface area contributed by atoms with E-state index in [-0.39, 0.29) is 25.0 Å². The first-order chi connectivity index (χ1) is 8.67. The van der Waals surface area contributed by atoms with Crippen LogP contribution in [0.1, 0.15) is 12.5 Å². The first-order valence-electron chi connectivity index (χ1n) is 5.39. The lowest BCUT2D eigenvalue weighted by Gasteiger charge is -2.10. The maximum absolute atomic E-state index is 13.1. The Labute approximate surface area is 106 Å². The first-order valence-corrected chi connectivity index (χ1v) is 5.39. The van der Waals surface area contributed by atoms with Crippen molar-refractivity contribution in [3.8, 4) is 11.8 Å². The van der Waals surface area contributed by atoms with Gasteiger partial charge in [-0.05, 0) is 25.1 Å². The topological polar surface area (TPSA) is 50.4 Å². The van der Waals surface area contributed by atoms with E-state index in [1.54, 1.807) is 6.92 Å². The average Bonchev–Trinajstić information content (AvgIpc) is 2.33. The molecule has 2 amide bonds. The third-order valence-corrected chi connectivity index (χ3v) is 2.13. The Morgan fingerprint density at radius 2 is 2.28 bits per heavy atom. The highest BCUT2D eigenvalue weighted by molar-refractivity contribution is 5.90. The van der Waals surface area contributed by atoms with Gasteiger partial charge in [0.15, 0.2) is 0 Å². The van der Waals surface area contributed by atoms with E-state index in [1.807, 2.05) is 0 Å². The van der Waals surface area contributed by atoms with Crippen molar-refractivity contribution in [2.45, 2.75) is 13.5 Å². The number of carbonyl (C=O) groups is 1. The molecule has 0 bridgehead atoms. The Balaban J connectivity index is 2.69. The Morgan fingerprint density at radius 1 is 1.50 bits per heavy atom. The van der Waals surface area contributed by atoms with E-state index in [1.165, 1.54) is 25.3 Å². The lowest BCUT2D eigenvalue weighted by atomic mass is 10.2. The van der Waals surface area contributed by atoms with Crippen molar-refractivity contribution in [1.29, 1.82) is 0 Å². The van der Waals surface area contributed by atoms with Gasteiger partial charge < -0.3 is 15.4 Å². The summed E-state index contributed by atoms with van der Waals surface area (Å²) in [6.07, 6.45) is 0. The van der Waals surface area contributed by atoms with Crippen LogP contribution in [0.4, 0.5) is 14.9 Å². The Bertz CT molecular complexity index is 478. The Kier molecular flexibility index (Phi) is 5.68. The molecule has 0 atom stereocenters. The third kappa shape index (κ3) is 4.44. The van der Waals surface area contributed by atoms with Crippen molar-refractivity contribution in [3.63, 3.8) is 0 Å². The zero-order chi connectivity index (χ0) is 13.4. The molecule has 2 N–H and O–H groups in total. The lowest BCUT2D eigenvalue weighted by Crippen LogP contribution is -2.29. The monoisotopic (exact) mass is 250 g/mol. The van der Waals surface area contributed by atoms with Gasteiger partial charge in [0.05, 0.1) is 13.2 Å². The number of halogens is 1. The van der Waals surface area contributed by atoms with Gasteiger partial charge in [0.2, 0.25) is 0 Å². The molecule has 18 heavy (non-hydrogen) atoms. The molecule has 1 aromatic rings. The van der Waals surface area contributed by atoms with Crippen LogP contribution in [0, 0.1) is 17.7 Å². The molecule has 96 valence electrons. The number of hydrogen-bond acceptors (Lipinski definition) is 2. The largest absolute Gasteiger partial charge is 0.380 e. The van der Waals surface area contributed by atoms with E-state index in [2.05, 4.69) is 22.5 Å². The van der Waals surface area contributed by atoms with Gasteiger partial charge in [-0.2, -0.15) is 0 Å². The normalized spacial score (nSPS) is 9.28. The van der Waals surface area contributed by atoms with Crippen LogP contribution in [0.25, 0.3) is 0 Å². The highest BCUT2D eigenvalue weighted by Gasteiger charge is 2.07. The summed E-state index contributed by atoms with van der Waals surface area (Å²) in [6, 6.07) is 3.71. The summed E-state index contributed by atoms with van der Waals surface area (Å²) in [5, 5.41) is 5.17. The molecule has 5 heteroatoms. The maximum Gasteiger partial charge on any atom is 0.320 e. The highest BCUT2D eigenvalue weighted by atomic mass is 19.1. The van der Waals surface area contributed by atoms with Gasteiger partial charge in [-0.25, -0.2) is 9.18 Å². The van der Waals surface area contributed by atoms with Crippen molar-refractivity contribution in [3.05, 3.63) is 29.6 Å². The fraction of sp³-hybridized carbons (Fsp3) is 0.308. The maximum atomic E-state index is 13.1. The summed E-state index contributed by atoms with van der Waals surface area (Å²) in [4.78, 5) is 11.5. The summed E-state index contributed by atoms with van der Waals surface area (Å²) < 4.78 is 18.0. The van der Waals surface area contributed by atoms with E-state index in [4.69, 9.17) is 4.74 Å². The number of ether oxygens (including phenoxy) is 1. The number of anilines is 1. The minimum Gasteiger partial charge on any atom is -0.380 e. The molecule has 0 saturated carbocycles. The molecule has 0 unspecified atom stereocenters. The van der Waals surface area contributed by atoms with Gasteiger partial charge in [0.1, 0.15) is 5.82 Å². The molecule has 1 aromatic carbocycles. The fourth-order valence-corrected chi connectivity index (χ4v) is 1.34. The standard InChI is InChI=1S/C13H15FN2O2/c1-3-4-7-15-13(17)16-12-6-5-11(14)8-10(12)9-18-2/h5-6,8H,7,9H2,1-2H3,(H2,15,16,17). The van der Waals surface area contributed by atoms with Gasteiger partial charge in [-0.1, -0.05) is 5.92 Å². The van der Waals surface area contributed by atoms with E-state index < -0.39 is 0 Å². The molecule has 0 radical (unpaired) electrons. The molecule has 0 spiro atoms. The predicted octanol–water partition coefficient (Wildman–Crippen LogP) is 2.12. The van der Waals surface area contributed by atoms with Crippen molar-refractivity contribution in [2.75, 3.05) is 19.0 Å². The van der Waals surface area contributed by atoms with Crippen molar-refractivity contribution >= 4 is 11.7 Å². The number of benzene rings is 1. The van der Waals surface area contributed by atoms with Crippen LogP contribution in [0.3, 0.4) is 0 Å². The zero-order valence-electron chi connectivity index (χ0n) is 10.3. The van der Waals surface area contributed by atoms with Crippen LogP contribution < -0.4 is 10.6 Å². The molecule has 0 heterocycles. The number of urea groups is 1. The second kappa shape index (κ2) is 7.30. The van der Waals surface area contributed by atoms with E-state index in [0.717, 1.165) is 0 Å². The molecule has 0 saturated heterocycles. The SMILES string of the molecule is CC#CCNC(=O)Nc1ccc(F)cc1COC. The zero-order valence-corrected chi connectivity index (χ0v) is 10.3. The van der Waals surface area contributed by atoms with Gasteiger partial charge in [-0.15, -0.1) is 5.92 Å². The molecule has 0 aromatic heterocycles. The van der Waals surface area contributed by atoms with Gasteiger partial charge >= 0.3 is 6.03 Å². The van der Waals surface area contributed by atoms with Crippen LogP contribution in [0.2, 0.25) is 0 Å². The molecule has 0 aliphatic carbocycles. The number of methoxy groups -OCH3 is 1. The molecule has 0 aliphatic rings. The van der Waals surface area contributed by atoms with Gasteiger partial charge in [0.25, 0.3) is 0 Å². The molecule has 0 aliphatic heterocycles. The number of carbonyl (C=O) groups excluding carboxylic acids is 1. The summed E-state index contributed by atoms with van der Waals surface area (Å²) >= 11 is 0. The summed E-state index contributed by atoms with van der Waals surface area (Å²) in [5.41, 5.74) is 1.09. The average molecular weight is 250 g/mol. The highest BCUT2D eigenvalue weighted by Crippen LogP contribution is 2.17. The van der Waals surface area contributed by atoms with Crippen LogP contribution in [-0.4, -0.2) is 19.7 Å². The van der Waals surface area contributed by atoms with Crippen molar-refractivity contribution in [1.82, 2.24) is 5.32 Å². The number of amides is 2. The van der Waals surface area contributed by atoms with Crippen LogP contribution in [0.5, 0.6) is 0 Å². The van der Waals surface area contributed by atoms with E-state index in [9.17, 15) is 9.18 Å². The third-order valence-electron chi connectivity index (χ3n) is 2.13. The smallest absolute Gasteiger partial charge is 0.320 e. The summed E-state index contributed by atoms with van der Waals surface area (Å²) in [5.74, 6) is 5.00. The minimum atomic E-state index is -0.387. The predicted molar refractivity (Wildman–Crippen MR) is 67.6 cm³/mol. The second-order valence-corrected chi connectivity index (χ2v) is 3.47. The molecular formula is C13H15FN2O2. The first kappa shape index (κ1) is 14.0. The molecule has 1 rings (SSSR count). The van der Waals surface area contributed by atoms with Gasteiger partial charge in [0, 0.05) is 18.4 Å². The summed E-state index contributed by atoms with van der Waals surface area (Å²) in [7, 11) is 1.51. The Hall–Kier alpha value is -2.06. The number of nitrogens with one attached hydrogen (secondary N) is 2. The van der Waals surface area contributed by atoms with E-state index in [0.29, 0.717) is 11.3 Å². The quantitative estimate of drug-likeness (QED) is 0.804. The van der Waals surface area contributed by atoms with Crippen LogP contribution in [-0.2, 0) is 11.3 Å². The molecular weight excluding hydrogens is 235 g/mol. The summed E-state index contributed by atoms with van der Waals surface area (Å²) in [6.45, 7) is 2.18. The van der Waals surface area contributed by atoms with Crippen molar-refractivity contribution in [2.24, 2.45) is 0 Å². The van der Waals surface area contributed by atoms with E-state index >= 15 is 0 Å². The van der Waals surface area contributed by atoms with Crippen LogP contribution >= 0.6 is 0 Å².